The molecule has 1 aliphatic carbocycles. The fraction of sp³-hybridized carbons (Fsp3) is 0.500. The molecule has 1 saturated carbocycles. The maximum absolute atomic E-state index is 12.8. The third-order valence-electron chi connectivity index (χ3n) is 5.33. The molecule has 5 nitrogen and oxygen atoms in total. The van der Waals surface area contributed by atoms with Crippen molar-refractivity contribution in [1.82, 2.24) is 10.2 Å². The van der Waals surface area contributed by atoms with Crippen LogP contribution in [-0.2, 0) is 4.79 Å². The third kappa shape index (κ3) is 3.40. The summed E-state index contributed by atoms with van der Waals surface area (Å²) in [5.41, 5.74) is -0.508. The maximum atomic E-state index is 12.8. The number of hydrogen-bond acceptors (Lipinski definition) is 3. The van der Waals surface area contributed by atoms with Crippen molar-refractivity contribution in [3.05, 3.63) is 33.8 Å². The van der Waals surface area contributed by atoms with Gasteiger partial charge in [-0.15, -0.1) is 0 Å². The molecule has 0 bridgehead atoms. The summed E-state index contributed by atoms with van der Waals surface area (Å²) in [5, 5.41) is 3.44. The van der Waals surface area contributed by atoms with Crippen LogP contribution in [0.25, 0.3) is 0 Å². The lowest BCUT2D eigenvalue weighted by Crippen LogP contribution is -2.49. The Morgan fingerprint density at radius 1 is 1.24 bits per heavy atom. The zero-order valence-electron chi connectivity index (χ0n) is 14.0. The quantitative estimate of drug-likeness (QED) is 0.630. The summed E-state index contributed by atoms with van der Waals surface area (Å²) in [4.78, 5) is 38.6. The average molecular weight is 383 g/mol. The molecule has 0 unspecified atom stereocenters. The number of rotatable bonds is 4. The van der Waals surface area contributed by atoms with Gasteiger partial charge >= 0.3 is 6.03 Å². The van der Waals surface area contributed by atoms with Crippen LogP contribution in [-0.4, -0.2) is 34.7 Å². The number of benzene rings is 1. The number of nitrogens with one attached hydrogen (secondary N) is 1. The van der Waals surface area contributed by atoms with Crippen LogP contribution in [0, 0.1) is 5.92 Å². The highest BCUT2D eigenvalue weighted by molar-refractivity contribution is 6.42. The molecule has 0 radical (unpaired) electrons. The Balaban J connectivity index is 1.72. The molecular formula is C18H20Cl2N2O3. The summed E-state index contributed by atoms with van der Waals surface area (Å²) in [6, 6.07) is 4.02. The molecule has 25 heavy (non-hydrogen) atoms. The topological polar surface area (TPSA) is 66.5 Å². The first-order valence-electron chi connectivity index (χ1n) is 8.48. The number of nitrogens with zero attached hydrogens (tertiary/aromatic N) is 1. The van der Waals surface area contributed by atoms with E-state index in [1.165, 1.54) is 18.2 Å². The van der Waals surface area contributed by atoms with Crippen LogP contribution in [0.1, 0.15) is 49.4 Å². The van der Waals surface area contributed by atoms with E-state index >= 15 is 0 Å². The monoisotopic (exact) mass is 382 g/mol. The Labute approximate surface area is 156 Å². The number of carbonyl (C=O) groups is 3. The standard InChI is InChI=1S/C18H20Cl2N2O3/c1-2-11-5-7-18(8-6-11)16(24)22(17(25)21-18)10-15(23)12-3-4-13(19)14(20)9-12/h3-4,9,11H,2,5-8,10H2,1H3,(H,21,25). The number of Topliss-reactive ketones (excluding diaryl/α,β-unsaturated/α-hetero) is 1. The van der Waals surface area contributed by atoms with Crippen molar-refractivity contribution >= 4 is 40.9 Å². The Kier molecular flexibility index (Phi) is 5.07. The summed E-state index contributed by atoms with van der Waals surface area (Å²) in [6.07, 6.45) is 4.17. The number of imide groups is 1. The van der Waals surface area contributed by atoms with Gasteiger partial charge in [-0.1, -0.05) is 36.5 Å². The van der Waals surface area contributed by atoms with Crippen LogP contribution in [0.15, 0.2) is 18.2 Å². The summed E-state index contributed by atoms with van der Waals surface area (Å²) in [5.74, 6) is -0.0379. The second-order valence-electron chi connectivity index (χ2n) is 6.81. The van der Waals surface area contributed by atoms with Gasteiger partial charge in [-0.3, -0.25) is 14.5 Å². The zero-order chi connectivity index (χ0) is 18.2. The Bertz CT molecular complexity index is 727. The predicted molar refractivity (Wildman–Crippen MR) is 96.0 cm³/mol. The summed E-state index contributed by atoms with van der Waals surface area (Å²) in [7, 11) is 0. The number of carbonyl (C=O) groups excluding carboxylic acids is 3. The minimum absolute atomic E-state index is 0.263. The van der Waals surface area contributed by atoms with Gasteiger partial charge in [0.25, 0.3) is 5.91 Å². The lowest BCUT2D eigenvalue weighted by atomic mass is 9.75. The molecule has 0 atom stereocenters. The SMILES string of the molecule is CCC1CCC2(CC1)NC(=O)N(CC(=O)c1ccc(Cl)c(Cl)c1)C2=O. The van der Waals surface area contributed by atoms with Crippen LogP contribution >= 0.6 is 23.2 Å². The fourth-order valence-electron chi connectivity index (χ4n) is 3.64. The first-order valence-corrected chi connectivity index (χ1v) is 9.24. The Morgan fingerprint density at radius 3 is 2.52 bits per heavy atom. The molecule has 2 fully saturated rings. The molecule has 1 aromatic rings. The van der Waals surface area contributed by atoms with E-state index in [9.17, 15) is 14.4 Å². The van der Waals surface area contributed by atoms with Gasteiger partial charge in [-0.05, 0) is 49.8 Å². The number of ketones is 1. The first kappa shape index (κ1) is 18.2. The molecule has 3 rings (SSSR count). The summed E-state index contributed by atoms with van der Waals surface area (Å²) < 4.78 is 0. The molecule has 134 valence electrons. The van der Waals surface area contributed by atoms with Crippen molar-refractivity contribution in [2.45, 2.75) is 44.6 Å². The van der Waals surface area contributed by atoms with Crippen molar-refractivity contribution in [1.29, 1.82) is 0 Å². The van der Waals surface area contributed by atoms with E-state index in [2.05, 4.69) is 12.2 Å². The van der Waals surface area contributed by atoms with Gasteiger partial charge < -0.3 is 5.32 Å². The van der Waals surface area contributed by atoms with Crippen LogP contribution in [0.4, 0.5) is 4.79 Å². The lowest BCUT2D eigenvalue weighted by Gasteiger charge is -2.34. The smallest absolute Gasteiger partial charge is 0.323 e. The van der Waals surface area contributed by atoms with Crippen molar-refractivity contribution in [3.8, 4) is 0 Å². The van der Waals surface area contributed by atoms with Gasteiger partial charge in [-0.2, -0.15) is 0 Å². The van der Waals surface area contributed by atoms with Gasteiger partial charge in [0.1, 0.15) is 5.54 Å². The zero-order valence-corrected chi connectivity index (χ0v) is 15.5. The molecule has 1 N–H and O–H groups in total. The largest absolute Gasteiger partial charge is 0.325 e. The van der Waals surface area contributed by atoms with Gasteiger partial charge in [0.05, 0.1) is 16.6 Å². The molecule has 1 saturated heterocycles. The highest BCUT2D eigenvalue weighted by atomic mass is 35.5. The molecule has 2 aliphatic rings. The van der Waals surface area contributed by atoms with E-state index in [1.807, 2.05) is 0 Å². The van der Waals surface area contributed by atoms with Gasteiger partial charge in [-0.25, -0.2) is 4.79 Å². The predicted octanol–water partition coefficient (Wildman–Crippen LogP) is 4.07. The van der Waals surface area contributed by atoms with Crippen LogP contribution in [0.5, 0.6) is 0 Å². The number of halogens is 2. The van der Waals surface area contributed by atoms with E-state index in [1.54, 1.807) is 0 Å². The molecule has 1 spiro atoms. The normalized spacial score (nSPS) is 26.2. The highest BCUT2D eigenvalue weighted by Gasteiger charge is 2.52. The molecule has 7 heteroatoms. The minimum Gasteiger partial charge on any atom is -0.323 e. The van der Waals surface area contributed by atoms with E-state index in [-0.39, 0.29) is 23.3 Å². The molecule has 1 heterocycles. The van der Waals surface area contributed by atoms with Crippen molar-refractivity contribution in [2.24, 2.45) is 5.92 Å². The second-order valence-corrected chi connectivity index (χ2v) is 7.62. The van der Waals surface area contributed by atoms with Crippen LogP contribution < -0.4 is 5.32 Å². The molecule has 1 aliphatic heterocycles. The first-order chi connectivity index (χ1) is 11.9. The van der Waals surface area contributed by atoms with E-state index in [0.29, 0.717) is 29.3 Å². The fourth-order valence-corrected chi connectivity index (χ4v) is 3.94. The molecular weight excluding hydrogens is 363 g/mol. The Morgan fingerprint density at radius 2 is 1.92 bits per heavy atom. The van der Waals surface area contributed by atoms with Gasteiger partial charge in [0.15, 0.2) is 5.78 Å². The molecule has 0 aromatic heterocycles. The van der Waals surface area contributed by atoms with Gasteiger partial charge in [0, 0.05) is 5.56 Å². The average Bonchev–Trinajstić information content (AvgIpc) is 2.82. The van der Waals surface area contributed by atoms with Gasteiger partial charge in [0.2, 0.25) is 0 Å². The molecule has 3 amide bonds. The summed E-state index contributed by atoms with van der Waals surface area (Å²) >= 11 is 11.8. The van der Waals surface area contributed by atoms with Crippen molar-refractivity contribution < 1.29 is 14.4 Å². The van der Waals surface area contributed by atoms with Crippen molar-refractivity contribution in [2.75, 3.05) is 6.54 Å². The molecule has 1 aromatic carbocycles. The number of amides is 3. The summed E-state index contributed by atoms with van der Waals surface area (Å²) in [6.45, 7) is 1.85. The van der Waals surface area contributed by atoms with Crippen LogP contribution in [0.3, 0.4) is 0 Å². The van der Waals surface area contributed by atoms with E-state index in [4.69, 9.17) is 23.2 Å². The Hall–Kier alpha value is -1.59. The highest BCUT2D eigenvalue weighted by Crippen LogP contribution is 2.37. The maximum Gasteiger partial charge on any atom is 0.325 e. The minimum atomic E-state index is -0.833. The van der Waals surface area contributed by atoms with E-state index in [0.717, 1.165) is 24.2 Å². The lowest BCUT2D eigenvalue weighted by molar-refractivity contribution is -0.132. The number of urea groups is 1. The second kappa shape index (κ2) is 6.96. The third-order valence-corrected chi connectivity index (χ3v) is 6.06. The van der Waals surface area contributed by atoms with Crippen LogP contribution in [0.2, 0.25) is 10.0 Å². The van der Waals surface area contributed by atoms with Crippen molar-refractivity contribution in [3.63, 3.8) is 0 Å². The number of hydrogen-bond donors (Lipinski definition) is 1. The van der Waals surface area contributed by atoms with E-state index < -0.39 is 11.6 Å².